The van der Waals surface area contributed by atoms with Gasteiger partial charge in [-0.3, -0.25) is 0 Å². The third kappa shape index (κ3) is 4.18. The topological polar surface area (TPSA) is 81.4 Å². The molecule has 0 radical (unpaired) electrons. The van der Waals surface area contributed by atoms with Crippen molar-refractivity contribution in [1.82, 2.24) is 4.72 Å². The zero-order valence-corrected chi connectivity index (χ0v) is 10.9. The molecule has 0 aliphatic carbocycles. The van der Waals surface area contributed by atoms with Gasteiger partial charge in [0.25, 0.3) is 0 Å². The van der Waals surface area contributed by atoms with Crippen molar-refractivity contribution in [2.75, 3.05) is 13.2 Å². The van der Waals surface area contributed by atoms with E-state index >= 15 is 0 Å². The maximum atomic E-state index is 11.7. The molecule has 1 rings (SSSR count). The molecule has 0 heterocycles. The first-order chi connectivity index (χ1) is 7.56. The summed E-state index contributed by atoms with van der Waals surface area (Å²) in [5.41, 5.74) is 0. The van der Waals surface area contributed by atoms with E-state index in [0.717, 1.165) is 4.47 Å². The standard InChI is InChI=1S/C9H13BrN2O3S/c10-8-2-4-9(5-3-8)16(13,14)12-6-1-7-15-11/h2-5,12H,1,6-7,11H2. The van der Waals surface area contributed by atoms with Crippen molar-refractivity contribution < 1.29 is 13.3 Å². The summed E-state index contributed by atoms with van der Waals surface area (Å²) in [5.74, 6) is 4.82. The Balaban J connectivity index is 2.60. The monoisotopic (exact) mass is 308 g/mol. The largest absolute Gasteiger partial charge is 0.305 e. The molecule has 1 aromatic carbocycles. The van der Waals surface area contributed by atoms with E-state index < -0.39 is 10.0 Å². The lowest BCUT2D eigenvalue weighted by atomic mass is 10.4. The highest BCUT2D eigenvalue weighted by atomic mass is 79.9. The molecular formula is C9H13BrN2O3S. The predicted molar refractivity (Wildman–Crippen MR) is 64.1 cm³/mol. The number of nitrogens with two attached hydrogens (primary N) is 1. The first-order valence-electron chi connectivity index (χ1n) is 4.63. The molecule has 0 fully saturated rings. The maximum absolute atomic E-state index is 11.7. The number of benzene rings is 1. The molecule has 16 heavy (non-hydrogen) atoms. The van der Waals surface area contributed by atoms with Gasteiger partial charge >= 0.3 is 0 Å². The minimum absolute atomic E-state index is 0.240. The van der Waals surface area contributed by atoms with Gasteiger partial charge in [-0.2, -0.15) is 0 Å². The van der Waals surface area contributed by atoms with E-state index in [1.807, 2.05) is 0 Å². The smallest absolute Gasteiger partial charge is 0.240 e. The first kappa shape index (κ1) is 13.6. The zero-order chi connectivity index (χ0) is 12.0. The molecule has 1 aromatic rings. The van der Waals surface area contributed by atoms with Crippen LogP contribution in [-0.2, 0) is 14.9 Å². The number of rotatable bonds is 6. The Labute approximate surface area is 103 Å². The molecule has 3 N–H and O–H groups in total. The third-order valence-electron chi connectivity index (χ3n) is 1.85. The van der Waals surface area contributed by atoms with Gasteiger partial charge in [-0.25, -0.2) is 19.0 Å². The van der Waals surface area contributed by atoms with Crippen LogP contribution in [0.3, 0.4) is 0 Å². The van der Waals surface area contributed by atoms with Crippen LogP contribution in [0.15, 0.2) is 33.6 Å². The van der Waals surface area contributed by atoms with Gasteiger partial charge in [0.15, 0.2) is 0 Å². The van der Waals surface area contributed by atoms with E-state index in [9.17, 15) is 8.42 Å². The summed E-state index contributed by atoms with van der Waals surface area (Å²) in [5, 5.41) is 0. The average Bonchev–Trinajstić information content (AvgIpc) is 2.25. The molecule has 0 aliphatic rings. The lowest BCUT2D eigenvalue weighted by Crippen LogP contribution is -2.25. The maximum Gasteiger partial charge on any atom is 0.240 e. The van der Waals surface area contributed by atoms with Gasteiger partial charge in [-0.15, -0.1) is 0 Å². The second-order valence-corrected chi connectivity index (χ2v) is 5.76. The summed E-state index contributed by atoms with van der Waals surface area (Å²) in [6.45, 7) is 0.623. The van der Waals surface area contributed by atoms with Crippen LogP contribution in [0.4, 0.5) is 0 Å². The predicted octanol–water partition coefficient (Wildman–Crippen LogP) is 1.01. The molecule has 0 saturated heterocycles. The second kappa shape index (κ2) is 6.31. The summed E-state index contributed by atoms with van der Waals surface area (Å²) < 4.78 is 26.7. The molecule has 0 unspecified atom stereocenters. The van der Waals surface area contributed by atoms with Crippen LogP contribution in [-0.4, -0.2) is 21.6 Å². The Kier molecular flexibility index (Phi) is 5.36. The highest BCUT2D eigenvalue weighted by Crippen LogP contribution is 2.14. The Morgan fingerprint density at radius 2 is 1.94 bits per heavy atom. The summed E-state index contributed by atoms with van der Waals surface area (Å²) in [6, 6.07) is 6.42. The van der Waals surface area contributed by atoms with Crippen LogP contribution in [0.1, 0.15) is 6.42 Å². The van der Waals surface area contributed by atoms with Gasteiger partial charge in [0.1, 0.15) is 0 Å². The van der Waals surface area contributed by atoms with E-state index in [4.69, 9.17) is 5.90 Å². The molecular weight excluding hydrogens is 296 g/mol. The summed E-state index contributed by atoms with van der Waals surface area (Å²) in [4.78, 5) is 4.58. The van der Waals surface area contributed by atoms with Crippen molar-refractivity contribution >= 4 is 26.0 Å². The van der Waals surface area contributed by atoms with E-state index in [0.29, 0.717) is 19.6 Å². The third-order valence-corrected chi connectivity index (χ3v) is 3.86. The van der Waals surface area contributed by atoms with Gasteiger partial charge in [0, 0.05) is 11.0 Å². The Morgan fingerprint density at radius 3 is 2.50 bits per heavy atom. The second-order valence-electron chi connectivity index (χ2n) is 3.08. The van der Waals surface area contributed by atoms with Crippen LogP contribution in [0.2, 0.25) is 0 Å². The van der Waals surface area contributed by atoms with Crippen LogP contribution in [0.5, 0.6) is 0 Å². The van der Waals surface area contributed by atoms with Crippen molar-refractivity contribution in [1.29, 1.82) is 0 Å². The van der Waals surface area contributed by atoms with Crippen molar-refractivity contribution in [3.8, 4) is 0 Å². The summed E-state index contributed by atoms with van der Waals surface area (Å²) >= 11 is 3.24. The van der Waals surface area contributed by atoms with E-state index in [1.165, 1.54) is 12.1 Å². The van der Waals surface area contributed by atoms with Crippen molar-refractivity contribution in [2.24, 2.45) is 5.90 Å². The Hall–Kier alpha value is -0.470. The minimum Gasteiger partial charge on any atom is -0.305 e. The Bertz CT molecular complexity index is 419. The van der Waals surface area contributed by atoms with E-state index in [-0.39, 0.29) is 4.90 Å². The van der Waals surface area contributed by atoms with E-state index in [1.54, 1.807) is 12.1 Å². The SMILES string of the molecule is NOCCCNS(=O)(=O)c1ccc(Br)cc1. The van der Waals surface area contributed by atoms with E-state index in [2.05, 4.69) is 25.5 Å². The summed E-state index contributed by atoms with van der Waals surface area (Å²) in [7, 11) is -3.42. The fraction of sp³-hybridized carbons (Fsp3) is 0.333. The molecule has 0 atom stereocenters. The van der Waals surface area contributed by atoms with Crippen LogP contribution in [0, 0.1) is 0 Å². The molecule has 0 spiro atoms. The molecule has 0 aromatic heterocycles. The number of hydrogen-bond donors (Lipinski definition) is 2. The molecule has 0 bridgehead atoms. The lowest BCUT2D eigenvalue weighted by molar-refractivity contribution is 0.136. The van der Waals surface area contributed by atoms with Gasteiger partial charge < -0.3 is 4.84 Å². The normalized spacial score (nSPS) is 11.6. The van der Waals surface area contributed by atoms with Gasteiger partial charge in [0.2, 0.25) is 10.0 Å². The molecule has 0 amide bonds. The van der Waals surface area contributed by atoms with Crippen molar-refractivity contribution in [3.05, 3.63) is 28.7 Å². The van der Waals surface area contributed by atoms with Gasteiger partial charge in [-0.05, 0) is 30.7 Å². The number of nitrogens with one attached hydrogen (secondary N) is 1. The van der Waals surface area contributed by atoms with Crippen molar-refractivity contribution in [3.63, 3.8) is 0 Å². The molecule has 0 saturated carbocycles. The molecule has 0 aliphatic heterocycles. The number of hydrogen-bond acceptors (Lipinski definition) is 4. The lowest BCUT2D eigenvalue weighted by Gasteiger charge is -2.06. The first-order valence-corrected chi connectivity index (χ1v) is 6.91. The quantitative estimate of drug-likeness (QED) is 0.607. The zero-order valence-electron chi connectivity index (χ0n) is 8.52. The molecule has 7 heteroatoms. The number of halogens is 1. The highest BCUT2D eigenvalue weighted by molar-refractivity contribution is 9.10. The molecule has 5 nitrogen and oxygen atoms in total. The average molecular weight is 309 g/mol. The Morgan fingerprint density at radius 1 is 1.31 bits per heavy atom. The highest BCUT2D eigenvalue weighted by Gasteiger charge is 2.12. The summed E-state index contributed by atoms with van der Waals surface area (Å²) in [6.07, 6.45) is 0.534. The molecule has 90 valence electrons. The van der Waals surface area contributed by atoms with Gasteiger partial charge in [-0.1, -0.05) is 15.9 Å². The fourth-order valence-corrected chi connectivity index (χ4v) is 2.40. The fourth-order valence-electron chi connectivity index (χ4n) is 1.06. The van der Waals surface area contributed by atoms with Crippen LogP contribution < -0.4 is 10.6 Å². The minimum atomic E-state index is -3.42. The van der Waals surface area contributed by atoms with Crippen LogP contribution >= 0.6 is 15.9 Å². The number of sulfonamides is 1. The van der Waals surface area contributed by atoms with Gasteiger partial charge in [0.05, 0.1) is 11.5 Å². The van der Waals surface area contributed by atoms with Crippen molar-refractivity contribution in [2.45, 2.75) is 11.3 Å². The van der Waals surface area contributed by atoms with Crippen LogP contribution in [0.25, 0.3) is 0 Å².